The molecule has 0 spiro atoms. The van der Waals surface area contributed by atoms with Gasteiger partial charge in [0.15, 0.2) is 0 Å². The normalized spacial score (nSPS) is 10.5. The van der Waals surface area contributed by atoms with Crippen LogP contribution in [0.4, 0.5) is 0 Å². The van der Waals surface area contributed by atoms with Gasteiger partial charge in [-0.1, -0.05) is 48.9 Å². The first kappa shape index (κ1) is 17.2. The molecule has 0 aliphatic rings. The number of rotatable bonds is 7. The quantitative estimate of drug-likeness (QED) is 0.730. The van der Waals surface area contributed by atoms with E-state index in [1.165, 1.54) is 10.9 Å². The van der Waals surface area contributed by atoms with Crippen LogP contribution < -0.4 is 5.56 Å². The highest BCUT2D eigenvalue weighted by molar-refractivity contribution is 6.31. The molecule has 1 aromatic carbocycles. The summed E-state index contributed by atoms with van der Waals surface area (Å²) in [5.41, 5.74) is 1.14. The van der Waals surface area contributed by atoms with E-state index in [1.54, 1.807) is 0 Å². The molecule has 1 heterocycles. The van der Waals surface area contributed by atoms with E-state index >= 15 is 0 Å². The molecule has 6 heteroatoms. The van der Waals surface area contributed by atoms with E-state index in [0.717, 1.165) is 12.0 Å². The maximum absolute atomic E-state index is 12.5. The van der Waals surface area contributed by atoms with Crippen LogP contribution >= 0.6 is 11.6 Å². The standard InChI is InChI=1S/C17H19ClN2O3/c1-2-6-16(21)23-10-9-14-15(18)11-19-20(17(14)22)12-13-7-4-3-5-8-13/h3-5,7-8,11H,2,6,9-10,12H2,1H3. The molecule has 122 valence electrons. The molecule has 0 amide bonds. The first-order valence-corrected chi connectivity index (χ1v) is 7.93. The first-order chi connectivity index (χ1) is 11.1. The molecule has 0 aliphatic heterocycles. The molecule has 0 bridgehead atoms. The van der Waals surface area contributed by atoms with Crippen LogP contribution in [0.5, 0.6) is 0 Å². The lowest BCUT2D eigenvalue weighted by atomic mass is 10.2. The van der Waals surface area contributed by atoms with Crippen LogP contribution in [0.25, 0.3) is 0 Å². The lowest BCUT2D eigenvalue weighted by Crippen LogP contribution is -2.27. The molecule has 2 aromatic rings. The predicted octanol–water partition coefficient (Wildman–Crippen LogP) is 2.83. The molecule has 0 fully saturated rings. The Kier molecular flexibility index (Phi) is 6.35. The van der Waals surface area contributed by atoms with E-state index in [0.29, 0.717) is 23.6 Å². The van der Waals surface area contributed by atoms with Crippen molar-refractivity contribution in [2.75, 3.05) is 6.61 Å². The van der Waals surface area contributed by atoms with Gasteiger partial charge in [-0.3, -0.25) is 9.59 Å². The molecule has 0 aliphatic carbocycles. The zero-order valence-electron chi connectivity index (χ0n) is 13.0. The SMILES string of the molecule is CCCC(=O)OCCc1c(Cl)cnn(Cc2ccccc2)c1=O. The minimum atomic E-state index is -0.262. The molecule has 1 aromatic heterocycles. The Morgan fingerprint density at radius 1 is 1.30 bits per heavy atom. The average Bonchev–Trinajstić information content (AvgIpc) is 2.54. The summed E-state index contributed by atoms with van der Waals surface area (Å²) in [5.74, 6) is -0.262. The van der Waals surface area contributed by atoms with Crippen molar-refractivity contribution in [1.29, 1.82) is 0 Å². The smallest absolute Gasteiger partial charge is 0.305 e. The number of benzene rings is 1. The minimum Gasteiger partial charge on any atom is -0.465 e. The number of carbonyl (C=O) groups excluding carboxylic acids is 1. The van der Waals surface area contributed by atoms with E-state index < -0.39 is 0 Å². The third kappa shape index (κ3) is 4.93. The Morgan fingerprint density at radius 3 is 2.74 bits per heavy atom. The van der Waals surface area contributed by atoms with Crippen molar-refractivity contribution >= 4 is 17.6 Å². The third-order valence-electron chi connectivity index (χ3n) is 3.34. The van der Waals surface area contributed by atoms with Gasteiger partial charge in [0, 0.05) is 18.4 Å². The molecule has 0 atom stereocenters. The van der Waals surface area contributed by atoms with Crippen LogP contribution in [0.1, 0.15) is 30.9 Å². The number of aromatic nitrogens is 2. The number of esters is 1. The zero-order valence-corrected chi connectivity index (χ0v) is 13.8. The lowest BCUT2D eigenvalue weighted by Gasteiger charge is -2.09. The summed E-state index contributed by atoms with van der Waals surface area (Å²) in [6, 6.07) is 9.58. The zero-order chi connectivity index (χ0) is 16.7. The molecular formula is C17H19ClN2O3. The highest BCUT2D eigenvalue weighted by Gasteiger charge is 2.11. The van der Waals surface area contributed by atoms with Crippen molar-refractivity contribution in [3.05, 3.63) is 63.0 Å². The highest BCUT2D eigenvalue weighted by atomic mass is 35.5. The summed E-state index contributed by atoms with van der Waals surface area (Å²) in [7, 11) is 0. The van der Waals surface area contributed by atoms with Crippen molar-refractivity contribution in [2.24, 2.45) is 0 Å². The van der Waals surface area contributed by atoms with Gasteiger partial charge >= 0.3 is 5.97 Å². The van der Waals surface area contributed by atoms with Crippen LogP contribution in [-0.2, 0) is 22.5 Å². The second-order valence-electron chi connectivity index (χ2n) is 5.14. The van der Waals surface area contributed by atoms with E-state index in [1.807, 2.05) is 37.3 Å². The molecule has 23 heavy (non-hydrogen) atoms. The fourth-order valence-electron chi connectivity index (χ4n) is 2.15. The number of ether oxygens (including phenoxy) is 1. The molecule has 0 radical (unpaired) electrons. The topological polar surface area (TPSA) is 61.2 Å². The van der Waals surface area contributed by atoms with E-state index in [-0.39, 0.29) is 24.6 Å². The number of hydrogen-bond acceptors (Lipinski definition) is 4. The number of nitrogens with zero attached hydrogens (tertiary/aromatic N) is 2. The van der Waals surface area contributed by atoms with Crippen LogP contribution in [0.15, 0.2) is 41.3 Å². The van der Waals surface area contributed by atoms with Crippen molar-refractivity contribution in [2.45, 2.75) is 32.7 Å². The molecular weight excluding hydrogens is 316 g/mol. The van der Waals surface area contributed by atoms with E-state index in [4.69, 9.17) is 16.3 Å². The monoisotopic (exact) mass is 334 g/mol. The summed E-state index contributed by atoms with van der Waals surface area (Å²) in [6.45, 7) is 2.42. The molecule has 0 N–H and O–H groups in total. The highest BCUT2D eigenvalue weighted by Crippen LogP contribution is 2.11. The second-order valence-corrected chi connectivity index (χ2v) is 5.55. The van der Waals surface area contributed by atoms with Gasteiger partial charge in [-0.15, -0.1) is 0 Å². The average molecular weight is 335 g/mol. The summed E-state index contributed by atoms with van der Waals surface area (Å²) in [4.78, 5) is 23.8. The summed E-state index contributed by atoms with van der Waals surface area (Å²) >= 11 is 6.06. The Hall–Kier alpha value is -2.14. The Labute approximate surface area is 139 Å². The lowest BCUT2D eigenvalue weighted by molar-refractivity contribution is -0.143. The van der Waals surface area contributed by atoms with Crippen LogP contribution in [0, 0.1) is 0 Å². The van der Waals surface area contributed by atoms with Gasteiger partial charge in [0.2, 0.25) is 0 Å². The summed E-state index contributed by atoms with van der Waals surface area (Å²) in [5, 5.41) is 4.37. The second kappa shape index (κ2) is 8.48. The molecule has 2 rings (SSSR count). The van der Waals surface area contributed by atoms with Gasteiger partial charge in [-0.2, -0.15) is 5.10 Å². The Morgan fingerprint density at radius 2 is 2.04 bits per heavy atom. The summed E-state index contributed by atoms with van der Waals surface area (Å²) < 4.78 is 6.45. The van der Waals surface area contributed by atoms with Crippen molar-refractivity contribution in [3.63, 3.8) is 0 Å². The Balaban J connectivity index is 2.09. The van der Waals surface area contributed by atoms with Crippen LogP contribution in [-0.4, -0.2) is 22.4 Å². The van der Waals surface area contributed by atoms with Crippen LogP contribution in [0.3, 0.4) is 0 Å². The third-order valence-corrected chi connectivity index (χ3v) is 3.66. The maximum Gasteiger partial charge on any atom is 0.305 e. The largest absolute Gasteiger partial charge is 0.465 e. The molecule has 0 unspecified atom stereocenters. The fourth-order valence-corrected chi connectivity index (χ4v) is 2.37. The van der Waals surface area contributed by atoms with Gasteiger partial charge in [0.25, 0.3) is 5.56 Å². The van der Waals surface area contributed by atoms with Crippen LogP contribution in [0.2, 0.25) is 5.02 Å². The van der Waals surface area contributed by atoms with Gasteiger partial charge in [-0.05, 0) is 12.0 Å². The van der Waals surface area contributed by atoms with Gasteiger partial charge in [0.1, 0.15) is 0 Å². The van der Waals surface area contributed by atoms with Crippen molar-refractivity contribution in [3.8, 4) is 0 Å². The fraction of sp³-hybridized carbons (Fsp3) is 0.353. The Bertz CT molecular complexity index is 714. The predicted molar refractivity (Wildman–Crippen MR) is 88.6 cm³/mol. The van der Waals surface area contributed by atoms with Gasteiger partial charge in [-0.25, -0.2) is 4.68 Å². The van der Waals surface area contributed by atoms with Crippen molar-refractivity contribution in [1.82, 2.24) is 9.78 Å². The molecule has 0 saturated carbocycles. The van der Waals surface area contributed by atoms with E-state index in [9.17, 15) is 9.59 Å². The number of hydrogen-bond donors (Lipinski definition) is 0. The number of halogens is 1. The molecule has 5 nitrogen and oxygen atoms in total. The first-order valence-electron chi connectivity index (χ1n) is 7.56. The molecule has 0 saturated heterocycles. The maximum atomic E-state index is 12.5. The van der Waals surface area contributed by atoms with Crippen molar-refractivity contribution < 1.29 is 9.53 Å². The minimum absolute atomic E-state index is 0.142. The van der Waals surface area contributed by atoms with Gasteiger partial charge in [0.05, 0.1) is 24.4 Å². The summed E-state index contributed by atoms with van der Waals surface area (Å²) in [6.07, 6.45) is 2.85. The van der Waals surface area contributed by atoms with E-state index in [2.05, 4.69) is 5.10 Å². The van der Waals surface area contributed by atoms with Gasteiger partial charge < -0.3 is 4.74 Å². The number of carbonyl (C=O) groups is 1.